The average Bonchev–Trinajstić information content (AvgIpc) is 2.32. The molecule has 2 unspecified atom stereocenters. The zero-order chi connectivity index (χ0) is 14.8. The first-order valence-corrected chi connectivity index (χ1v) is 8.02. The van der Waals surface area contributed by atoms with Crippen molar-refractivity contribution in [1.82, 2.24) is 4.90 Å². The maximum absolute atomic E-state index is 9.70. The fourth-order valence-corrected chi connectivity index (χ4v) is 2.34. The van der Waals surface area contributed by atoms with Crippen LogP contribution < -0.4 is 5.73 Å². The third-order valence-corrected chi connectivity index (χ3v) is 3.76. The summed E-state index contributed by atoms with van der Waals surface area (Å²) in [6.45, 7) is 13.4. The van der Waals surface area contributed by atoms with Gasteiger partial charge in [0.15, 0.2) is 0 Å². The van der Waals surface area contributed by atoms with Crippen molar-refractivity contribution < 1.29 is 5.11 Å². The van der Waals surface area contributed by atoms with Crippen molar-refractivity contribution >= 4 is 0 Å². The fraction of sp³-hybridized carbons (Fsp3) is 1.00. The molecule has 0 aromatic rings. The van der Waals surface area contributed by atoms with Gasteiger partial charge in [-0.25, -0.2) is 0 Å². The predicted molar refractivity (Wildman–Crippen MR) is 84.2 cm³/mol. The molecule has 0 saturated heterocycles. The molecule has 2 atom stereocenters. The molecule has 0 bridgehead atoms. The van der Waals surface area contributed by atoms with Crippen LogP contribution in [0.5, 0.6) is 0 Å². The van der Waals surface area contributed by atoms with Gasteiger partial charge in [0, 0.05) is 12.1 Å². The lowest BCUT2D eigenvalue weighted by Gasteiger charge is -2.35. The first kappa shape index (κ1) is 18.9. The maximum Gasteiger partial charge on any atom is 0.0601 e. The van der Waals surface area contributed by atoms with Crippen molar-refractivity contribution in [3.8, 4) is 0 Å². The molecule has 3 heteroatoms. The largest absolute Gasteiger partial charge is 0.395 e. The van der Waals surface area contributed by atoms with Crippen LogP contribution in [0, 0.1) is 11.8 Å². The fourth-order valence-electron chi connectivity index (χ4n) is 2.34. The minimum atomic E-state index is 0.0920. The van der Waals surface area contributed by atoms with Crippen molar-refractivity contribution in [3.05, 3.63) is 0 Å². The summed E-state index contributed by atoms with van der Waals surface area (Å²) >= 11 is 0. The summed E-state index contributed by atoms with van der Waals surface area (Å²) in [7, 11) is 0. The Labute approximate surface area is 120 Å². The number of aliphatic hydroxyl groups is 1. The molecule has 0 saturated carbocycles. The highest BCUT2D eigenvalue weighted by Gasteiger charge is 2.23. The Hall–Kier alpha value is -0.120. The van der Waals surface area contributed by atoms with Crippen LogP contribution in [0.2, 0.25) is 0 Å². The molecule has 19 heavy (non-hydrogen) atoms. The van der Waals surface area contributed by atoms with Gasteiger partial charge in [-0.2, -0.15) is 0 Å². The van der Waals surface area contributed by atoms with Crippen LogP contribution in [-0.2, 0) is 0 Å². The summed E-state index contributed by atoms with van der Waals surface area (Å²) in [6.07, 6.45) is 4.42. The summed E-state index contributed by atoms with van der Waals surface area (Å²) in [5.74, 6) is 1.39. The zero-order valence-electron chi connectivity index (χ0n) is 13.7. The van der Waals surface area contributed by atoms with Gasteiger partial charge in [-0.1, -0.05) is 41.0 Å². The van der Waals surface area contributed by atoms with E-state index in [-0.39, 0.29) is 18.7 Å². The zero-order valence-corrected chi connectivity index (χ0v) is 13.7. The molecule has 0 fully saturated rings. The monoisotopic (exact) mass is 272 g/mol. The normalized spacial score (nSPS) is 15.5. The Morgan fingerprint density at radius 3 is 1.74 bits per heavy atom. The summed E-state index contributed by atoms with van der Waals surface area (Å²) in [5, 5.41) is 9.70. The topological polar surface area (TPSA) is 49.5 Å². The van der Waals surface area contributed by atoms with Crippen LogP contribution in [0.15, 0.2) is 0 Å². The number of hydrogen-bond donors (Lipinski definition) is 2. The second-order valence-corrected chi connectivity index (χ2v) is 6.60. The molecule has 0 amide bonds. The molecule has 0 aromatic carbocycles. The van der Waals surface area contributed by atoms with E-state index >= 15 is 0 Å². The lowest BCUT2D eigenvalue weighted by molar-refractivity contribution is 0.0924. The third-order valence-electron chi connectivity index (χ3n) is 3.76. The Morgan fingerprint density at radius 1 is 0.947 bits per heavy atom. The van der Waals surface area contributed by atoms with Crippen LogP contribution in [-0.4, -0.2) is 41.8 Å². The molecule has 116 valence electrons. The van der Waals surface area contributed by atoms with Gasteiger partial charge in [0.2, 0.25) is 0 Å². The molecular formula is C16H36N2O. The highest BCUT2D eigenvalue weighted by atomic mass is 16.3. The van der Waals surface area contributed by atoms with Crippen molar-refractivity contribution in [2.45, 2.75) is 72.4 Å². The number of rotatable bonds is 11. The first-order valence-electron chi connectivity index (χ1n) is 8.02. The molecule has 0 heterocycles. The Morgan fingerprint density at radius 2 is 1.42 bits per heavy atom. The second kappa shape index (κ2) is 10.6. The smallest absolute Gasteiger partial charge is 0.0601 e. The van der Waals surface area contributed by atoms with Crippen molar-refractivity contribution in [3.63, 3.8) is 0 Å². The molecule has 0 rings (SSSR count). The van der Waals surface area contributed by atoms with Gasteiger partial charge >= 0.3 is 0 Å². The Kier molecular flexibility index (Phi) is 10.6. The summed E-state index contributed by atoms with van der Waals surface area (Å²) in [4.78, 5) is 2.42. The van der Waals surface area contributed by atoms with E-state index in [4.69, 9.17) is 5.73 Å². The predicted octanol–water partition coefficient (Wildman–Crippen LogP) is 2.87. The molecule has 0 aliphatic heterocycles. The standard InChI is InChI=1S/C16H36N2O/c1-6-7-15(17)16(12-19)18(10-8-13(2)3)11-9-14(4)5/h13-16,19H,6-12,17H2,1-5H3. The first-order chi connectivity index (χ1) is 8.92. The molecular weight excluding hydrogens is 236 g/mol. The summed E-state index contributed by atoms with van der Waals surface area (Å²) in [5.41, 5.74) is 6.25. The van der Waals surface area contributed by atoms with E-state index in [0.29, 0.717) is 11.8 Å². The highest BCUT2D eigenvalue weighted by Crippen LogP contribution is 2.13. The Bertz CT molecular complexity index is 195. The van der Waals surface area contributed by atoms with Crippen LogP contribution in [0.1, 0.15) is 60.3 Å². The van der Waals surface area contributed by atoms with Crippen LogP contribution in [0.3, 0.4) is 0 Å². The maximum atomic E-state index is 9.70. The summed E-state index contributed by atoms with van der Waals surface area (Å²) in [6, 6.07) is 0.215. The van der Waals surface area contributed by atoms with E-state index in [1.165, 1.54) is 12.8 Å². The van der Waals surface area contributed by atoms with Crippen LogP contribution in [0.25, 0.3) is 0 Å². The van der Waals surface area contributed by atoms with Gasteiger partial charge in [-0.05, 0) is 44.2 Å². The lowest BCUT2D eigenvalue weighted by atomic mass is 10.0. The van der Waals surface area contributed by atoms with Crippen LogP contribution in [0.4, 0.5) is 0 Å². The number of nitrogens with zero attached hydrogens (tertiary/aromatic N) is 1. The SMILES string of the molecule is CCCC(N)C(CO)N(CCC(C)C)CCC(C)C. The van der Waals surface area contributed by atoms with Crippen molar-refractivity contribution in [1.29, 1.82) is 0 Å². The highest BCUT2D eigenvalue weighted by molar-refractivity contribution is 4.82. The van der Waals surface area contributed by atoms with Crippen LogP contribution >= 0.6 is 0 Å². The minimum absolute atomic E-state index is 0.0920. The van der Waals surface area contributed by atoms with Crippen molar-refractivity contribution in [2.75, 3.05) is 19.7 Å². The van der Waals surface area contributed by atoms with E-state index in [0.717, 1.165) is 25.9 Å². The summed E-state index contributed by atoms with van der Waals surface area (Å²) < 4.78 is 0. The van der Waals surface area contributed by atoms with Gasteiger partial charge in [0.05, 0.1) is 6.61 Å². The number of nitrogens with two attached hydrogens (primary N) is 1. The van der Waals surface area contributed by atoms with E-state index in [2.05, 4.69) is 39.5 Å². The number of aliphatic hydroxyl groups excluding tert-OH is 1. The van der Waals surface area contributed by atoms with Gasteiger partial charge in [-0.3, -0.25) is 4.90 Å². The number of hydrogen-bond acceptors (Lipinski definition) is 3. The Balaban J connectivity index is 4.54. The molecule has 3 N–H and O–H groups in total. The quantitative estimate of drug-likeness (QED) is 0.608. The molecule has 0 aromatic heterocycles. The lowest BCUT2D eigenvalue weighted by Crippen LogP contribution is -2.51. The molecule has 0 aliphatic carbocycles. The molecule has 0 radical (unpaired) electrons. The van der Waals surface area contributed by atoms with E-state index in [1.54, 1.807) is 0 Å². The van der Waals surface area contributed by atoms with Gasteiger partial charge in [0.1, 0.15) is 0 Å². The van der Waals surface area contributed by atoms with Gasteiger partial charge in [-0.15, -0.1) is 0 Å². The van der Waals surface area contributed by atoms with E-state index in [1.807, 2.05) is 0 Å². The molecule has 0 spiro atoms. The van der Waals surface area contributed by atoms with E-state index < -0.39 is 0 Å². The van der Waals surface area contributed by atoms with Gasteiger partial charge in [0.25, 0.3) is 0 Å². The van der Waals surface area contributed by atoms with Gasteiger partial charge < -0.3 is 10.8 Å². The average molecular weight is 272 g/mol. The third kappa shape index (κ3) is 8.61. The molecule has 3 nitrogen and oxygen atoms in total. The molecule has 0 aliphatic rings. The second-order valence-electron chi connectivity index (χ2n) is 6.60. The van der Waals surface area contributed by atoms with Crippen molar-refractivity contribution in [2.24, 2.45) is 17.6 Å². The minimum Gasteiger partial charge on any atom is -0.395 e. The van der Waals surface area contributed by atoms with E-state index in [9.17, 15) is 5.11 Å².